The summed E-state index contributed by atoms with van der Waals surface area (Å²) in [4.78, 5) is 1.93. The van der Waals surface area contributed by atoms with E-state index in [9.17, 15) is 22.7 Å². The highest BCUT2D eigenvalue weighted by Gasteiger charge is 2.44. The van der Waals surface area contributed by atoms with Crippen LogP contribution in [0, 0.1) is 11.7 Å². The molecular formula is C15H20Cl2F4N2O. The third-order valence-corrected chi connectivity index (χ3v) is 4.38. The monoisotopic (exact) mass is 390 g/mol. The van der Waals surface area contributed by atoms with E-state index < -0.39 is 29.3 Å². The Balaban J connectivity index is 0.00000144. The van der Waals surface area contributed by atoms with Gasteiger partial charge in [0.15, 0.2) is 11.6 Å². The number of aromatic hydroxyl groups is 1. The number of rotatable bonds is 3. The summed E-state index contributed by atoms with van der Waals surface area (Å²) < 4.78 is 53.6. The van der Waals surface area contributed by atoms with Gasteiger partial charge in [-0.1, -0.05) is 0 Å². The fourth-order valence-electron chi connectivity index (χ4n) is 3.22. The predicted molar refractivity (Wildman–Crippen MR) is 87.5 cm³/mol. The van der Waals surface area contributed by atoms with Crippen LogP contribution in [0.3, 0.4) is 0 Å². The van der Waals surface area contributed by atoms with Crippen molar-refractivity contribution in [3.63, 3.8) is 0 Å². The first-order chi connectivity index (χ1) is 10.4. The Hall–Kier alpha value is -0.760. The maximum atomic E-state index is 13.7. The van der Waals surface area contributed by atoms with Crippen LogP contribution in [-0.2, 0) is 6.18 Å². The highest BCUT2D eigenvalue weighted by atomic mass is 35.5. The number of nitrogens with zero attached hydrogens (tertiary/aromatic N) is 1. The van der Waals surface area contributed by atoms with Crippen LogP contribution in [0.15, 0.2) is 12.1 Å². The second kappa shape index (κ2) is 8.08. The molecule has 0 spiro atoms. The van der Waals surface area contributed by atoms with Crippen molar-refractivity contribution in [3.8, 4) is 5.75 Å². The van der Waals surface area contributed by atoms with Crippen LogP contribution in [0.2, 0.25) is 0 Å². The number of halogens is 6. The fraction of sp³-hybridized carbons (Fsp3) is 0.600. The van der Waals surface area contributed by atoms with E-state index in [1.165, 1.54) is 0 Å². The Labute approximate surface area is 150 Å². The maximum absolute atomic E-state index is 13.7. The van der Waals surface area contributed by atoms with Crippen molar-refractivity contribution >= 4 is 24.8 Å². The van der Waals surface area contributed by atoms with Gasteiger partial charge in [0.1, 0.15) is 0 Å². The van der Waals surface area contributed by atoms with Crippen molar-refractivity contribution in [2.45, 2.75) is 25.1 Å². The molecule has 138 valence electrons. The van der Waals surface area contributed by atoms with Crippen LogP contribution in [0.25, 0.3) is 0 Å². The van der Waals surface area contributed by atoms with E-state index in [0.717, 1.165) is 18.9 Å². The molecular weight excluding hydrogens is 371 g/mol. The summed E-state index contributed by atoms with van der Waals surface area (Å²) in [6, 6.07) is 0.847. The van der Waals surface area contributed by atoms with Gasteiger partial charge in [0.25, 0.3) is 0 Å². The molecule has 1 saturated carbocycles. The number of nitrogens with one attached hydrogen (secondary N) is 1. The van der Waals surface area contributed by atoms with Gasteiger partial charge in [-0.05, 0) is 30.9 Å². The minimum Gasteiger partial charge on any atom is -0.505 e. The summed E-state index contributed by atoms with van der Waals surface area (Å²) >= 11 is 0. The van der Waals surface area contributed by atoms with Gasteiger partial charge < -0.3 is 10.4 Å². The summed E-state index contributed by atoms with van der Waals surface area (Å²) in [6.45, 7) is 2.55. The molecule has 2 fully saturated rings. The number of alkyl halides is 3. The number of benzene rings is 1. The normalized spacial score (nSPS) is 20.0. The lowest BCUT2D eigenvalue weighted by atomic mass is 9.93. The summed E-state index contributed by atoms with van der Waals surface area (Å²) in [6.07, 6.45) is -2.99. The van der Waals surface area contributed by atoms with Gasteiger partial charge in [-0.3, -0.25) is 4.90 Å². The second-order valence-electron chi connectivity index (χ2n) is 5.92. The molecule has 3 rings (SSSR count). The molecule has 1 saturated heterocycles. The van der Waals surface area contributed by atoms with Crippen LogP contribution in [-0.4, -0.2) is 36.2 Å². The molecule has 1 heterocycles. The van der Waals surface area contributed by atoms with Gasteiger partial charge in [0, 0.05) is 37.8 Å². The summed E-state index contributed by atoms with van der Waals surface area (Å²) in [7, 11) is 0. The van der Waals surface area contributed by atoms with Crippen molar-refractivity contribution in [2.75, 3.05) is 26.2 Å². The topological polar surface area (TPSA) is 35.5 Å². The zero-order valence-corrected chi connectivity index (χ0v) is 14.4. The lowest BCUT2D eigenvalue weighted by Gasteiger charge is -2.36. The van der Waals surface area contributed by atoms with E-state index in [2.05, 4.69) is 5.32 Å². The van der Waals surface area contributed by atoms with Crippen LogP contribution < -0.4 is 5.32 Å². The minimum atomic E-state index is -4.61. The molecule has 2 aliphatic rings. The van der Waals surface area contributed by atoms with Crippen molar-refractivity contribution in [2.24, 2.45) is 5.92 Å². The quantitative estimate of drug-likeness (QED) is 0.771. The van der Waals surface area contributed by atoms with E-state index in [-0.39, 0.29) is 36.3 Å². The average Bonchev–Trinajstić information content (AvgIpc) is 3.28. The van der Waals surface area contributed by atoms with Gasteiger partial charge >= 0.3 is 6.18 Å². The molecule has 1 aliphatic carbocycles. The maximum Gasteiger partial charge on any atom is 0.416 e. The fourth-order valence-corrected chi connectivity index (χ4v) is 3.22. The molecule has 2 N–H and O–H groups in total. The van der Waals surface area contributed by atoms with Crippen molar-refractivity contribution in [1.82, 2.24) is 10.2 Å². The van der Waals surface area contributed by atoms with Gasteiger partial charge in [0.05, 0.1) is 5.56 Å². The smallest absolute Gasteiger partial charge is 0.416 e. The molecule has 0 bridgehead atoms. The molecule has 0 unspecified atom stereocenters. The Bertz CT molecular complexity index is 561. The van der Waals surface area contributed by atoms with Gasteiger partial charge in [-0.15, -0.1) is 24.8 Å². The molecule has 1 atom stereocenters. The molecule has 0 radical (unpaired) electrons. The first kappa shape index (κ1) is 21.3. The van der Waals surface area contributed by atoms with E-state index in [1.807, 2.05) is 4.90 Å². The van der Waals surface area contributed by atoms with Gasteiger partial charge in [-0.2, -0.15) is 13.2 Å². The number of hydrogen-bond donors (Lipinski definition) is 2. The molecule has 9 heteroatoms. The van der Waals surface area contributed by atoms with Crippen LogP contribution in [0.1, 0.15) is 30.0 Å². The first-order valence-corrected chi connectivity index (χ1v) is 7.43. The highest BCUT2D eigenvalue weighted by molar-refractivity contribution is 5.85. The number of piperazine rings is 1. The lowest BCUT2D eigenvalue weighted by Crippen LogP contribution is -2.46. The van der Waals surface area contributed by atoms with E-state index in [1.54, 1.807) is 0 Å². The lowest BCUT2D eigenvalue weighted by molar-refractivity contribution is -0.139. The minimum absolute atomic E-state index is 0. The van der Waals surface area contributed by atoms with Crippen molar-refractivity contribution < 1.29 is 22.7 Å². The van der Waals surface area contributed by atoms with Crippen LogP contribution >= 0.6 is 24.8 Å². The molecule has 24 heavy (non-hydrogen) atoms. The molecule has 0 amide bonds. The Kier molecular flexibility index (Phi) is 7.16. The van der Waals surface area contributed by atoms with Gasteiger partial charge in [0.2, 0.25) is 0 Å². The highest BCUT2D eigenvalue weighted by Crippen LogP contribution is 2.51. The Morgan fingerprint density at radius 1 is 1.12 bits per heavy atom. The standard InChI is InChI=1S/C15H18F4N2O.2ClH/c16-11-4-3-10(15(17,18)19)12(14(11)22)13(9-1-2-9)21-7-5-20-6-8-21;;/h3-4,9,13,20,22H,1-2,5-8H2;2*1H/t13-;;/m1../s1. The molecule has 1 aromatic rings. The Morgan fingerprint density at radius 3 is 2.21 bits per heavy atom. The zero-order valence-electron chi connectivity index (χ0n) is 12.8. The first-order valence-electron chi connectivity index (χ1n) is 7.43. The molecule has 3 nitrogen and oxygen atoms in total. The third-order valence-electron chi connectivity index (χ3n) is 4.38. The zero-order chi connectivity index (χ0) is 15.9. The third kappa shape index (κ3) is 4.25. The average molecular weight is 391 g/mol. The van der Waals surface area contributed by atoms with Crippen LogP contribution in [0.5, 0.6) is 5.75 Å². The molecule has 1 aliphatic heterocycles. The molecule has 0 aromatic heterocycles. The van der Waals surface area contributed by atoms with Crippen molar-refractivity contribution in [1.29, 1.82) is 0 Å². The summed E-state index contributed by atoms with van der Waals surface area (Å²) in [5, 5.41) is 13.2. The molecule has 1 aromatic carbocycles. The van der Waals surface area contributed by atoms with Crippen molar-refractivity contribution in [3.05, 3.63) is 29.1 Å². The summed E-state index contributed by atoms with van der Waals surface area (Å²) in [5.41, 5.74) is -1.22. The second-order valence-corrected chi connectivity index (χ2v) is 5.92. The number of phenols is 1. The van der Waals surface area contributed by atoms with Gasteiger partial charge in [-0.25, -0.2) is 4.39 Å². The Morgan fingerprint density at radius 2 is 1.71 bits per heavy atom. The predicted octanol–water partition coefficient (Wildman–Crippen LogP) is 3.75. The largest absolute Gasteiger partial charge is 0.505 e. The van der Waals surface area contributed by atoms with E-state index >= 15 is 0 Å². The SMILES string of the molecule is Cl.Cl.Oc1c(F)ccc(C(F)(F)F)c1[C@@H](C1CC1)N1CCNCC1. The number of phenolic OH excluding ortho intramolecular Hbond substituents is 1. The van der Waals surface area contributed by atoms with E-state index in [0.29, 0.717) is 32.2 Å². The number of hydrogen-bond acceptors (Lipinski definition) is 3. The van der Waals surface area contributed by atoms with Crippen LogP contribution in [0.4, 0.5) is 17.6 Å². The summed E-state index contributed by atoms with van der Waals surface area (Å²) in [5.74, 6) is -1.80. The van der Waals surface area contributed by atoms with E-state index in [4.69, 9.17) is 0 Å².